The van der Waals surface area contributed by atoms with Gasteiger partial charge in [0.05, 0.1) is 0 Å². The van der Waals surface area contributed by atoms with Crippen LogP contribution in [-0.2, 0) is 4.79 Å². The minimum Gasteiger partial charge on any atom is -0.400 e. The van der Waals surface area contributed by atoms with Crippen molar-refractivity contribution >= 4 is 5.91 Å². The maximum absolute atomic E-state index is 11.6. The average molecular weight is 183 g/mol. The van der Waals surface area contributed by atoms with Crippen LogP contribution in [-0.4, -0.2) is 23.9 Å². The van der Waals surface area contributed by atoms with Gasteiger partial charge in [0, 0.05) is 18.8 Å². The third kappa shape index (κ3) is 2.37. The fourth-order valence-electron chi connectivity index (χ4n) is 1.44. The van der Waals surface area contributed by atoms with Crippen LogP contribution >= 0.6 is 0 Å². The highest BCUT2D eigenvalue weighted by molar-refractivity contribution is 5.93. The summed E-state index contributed by atoms with van der Waals surface area (Å²) in [4.78, 5) is 13.4. The van der Waals surface area contributed by atoms with Crippen LogP contribution in [0.2, 0.25) is 0 Å². The van der Waals surface area contributed by atoms with E-state index < -0.39 is 0 Å². The van der Waals surface area contributed by atoms with Gasteiger partial charge < -0.3 is 16.4 Å². The molecule has 1 amide bonds. The molecule has 13 heavy (non-hydrogen) atoms. The molecular weight excluding hydrogens is 166 g/mol. The second-order valence-electron chi connectivity index (χ2n) is 3.45. The minimum atomic E-state index is -0.111. The van der Waals surface area contributed by atoms with Gasteiger partial charge in [-0.05, 0) is 26.2 Å². The van der Waals surface area contributed by atoms with Gasteiger partial charge in [0.25, 0.3) is 5.91 Å². The molecule has 1 aliphatic rings. The molecule has 1 fully saturated rings. The summed E-state index contributed by atoms with van der Waals surface area (Å²) in [5, 5.41) is 0. The van der Waals surface area contributed by atoms with Gasteiger partial charge in [-0.2, -0.15) is 0 Å². The number of piperidine rings is 1. The van der Waals surface area contributed by atoms with Gasteiger partial charge in [-0.1, -0.05) is 0 Å². The quantitative estimate of drug-likeness (QED) is 0.568. The standard InChI is InChI=1S/C9H17N3O/c1-7(10)8(11)9(13)12-5-3-2-4-6-12/h2-6,10-11H2,1H3. The molecule has 0 atom stereocenters. The number of nitrogens with two attached hydrogens (primary N) is 2. The van der Waals surface area contributed by atoms with E-state index >= 15 is 0 Å². The summed E-state index contributed by atoms with van der Waals surface area (Å²) >= 11 is 0. The van der Waals surface area contributed by atoms with E-state index in [-0.39, 0.29) is 11.6 Å². The Morgan fingerprint density at radius 3 is 2.15 bits per heavy atom. The lowest BCUT2D eigenvalue weighted by Crippen LogP contribution is -2.39. The zero-order valence-electron chi connectivity index (χ0n) is 8.05. The summed E-state index contributed by atoms with van der Waals surface area (Å²) in [6.45, 7) is 3.27. The number of hydrogen-bond acceptors (Lipinski definition) is 3. The number of likely N-dealkylation sites (tertiary alicyclic amines) is 1. The molecule has 0 saturated carbocycles. The van der Waals surface area contributed by atoms with E-state index in [0.29, 0.717) is 5.70 Å². The molecule has 0 aromatic heterocycles. The second kappa shape index (κ2) is 4.16. The molecule has 0 aromatic rings. The van der Waals surface area contributed by atoms with E-state index in [1.807, 2.05) is 0 Å². The summed E-state index contributed by atoms with van der Waals surface area (Å²) < 4.78 is 0. The van der Waals surface area contributed by atoms with Gasteiger partial charge in [-0.15, -0.1) is 0 Å². The van der Waals surface area contributed by atoms with Crippen molar-refractivity contribution in [1.29, 1.82) is 0 Å². The molecule has 4 nitrogen and oxygen atoms in total. The maximum atomic E-state index is 11.6. The van der Waals surface area contributed by atoms with Crippen molar-refractivity contribution in [3.8, 4) is 0 Å². The SMILES string of the molecule is CC(N)=C(N)C(=O)N1CCCCC1. The molecule has 0 spiro atoms. The monoisotopic (exact) mass is 183 g/mol. The number of hydrogen-bond donors (Lipinski definition) is 2. The first kappa shape index (κ1) is 9.89. The average Bonchev–Trinajstić information content (AvgIpc) is 2.17. The van der Waals surface area contributed by atoms with E-state index in [1.54, 1.807) is 11.8 Å². The first-order chi connectivity index (χ1) is 6.13. The highest BCUT2D eigenvalue weighted by atomic mass is 16.2. The molecule has 74 valence electrons. The van der Waals surface area contributed by atoms with Crippen LogP contribution in [0.15, 0.2) is 11.4 Å². The summed E-state index contributed by atoms with van der Waals surface area (Å²) in [6, 6.07) is 0. The minimum absolute atomic E-state index is 0.111. The Balaban J connectivity index is 2.61. The van der Waals surface area contributed by atoms with Crippen molar-refractivity contribution in [2.75, 3.05) is 13.1 Å². The van der Waals surface area contributed by atoms with Crippen molar-refractivity contribution in [2.24, 2.45) is 11.5 Å². The molecule has 1 aliphatic heterocycles. The summed E-state index contributed by atoms with van der Waals surface area (Å²) in [7, 11) is 0. The Bertz CT molecular complexity index is 225. The molecule has 0 unspecified atom stereocenters. The topological polar surface area (TPSA) is 72.3 Å². The van der Waals surface area contributed by atoms with E-state index in [9.17, 15) is 4.79 Å². The number of rotatable bonds is 1. The van der Waals surface area contributed by atoms with Crippen LogP contribution in [0.1, 0.15) is 26.2 Å². The molecular formula is C9H17N3O. The number of amides is 1. The van der Waals surface area contributed by atoms with Crippen LogP contribution in [0, 0.1) is 0 Å². The number of allylic oxidation sites excluding steroid dienone is 1. The second-order valence-corrected chi connectivity index (χ2v) is 3.45. The van der Waals surface area contributed by atoms with Crippen LogP contribution in [0.5, 0.6) is 0 Å². The first-order valence-electron chi connectivity index (χ1n) is 4.64. The van der Waals surface area contributed by atoms with Crippen LogP contribution in [0.4, 0.5) is 0 Å². The lowest BCUT2D eigenvalue weighted by molar-refractivity contribution is -0.128. The summed E-state index contributed by atoms with van der Waals surface area (Å²) in [5.41, 5.74) is 11.6. The van der Waals surface area contributed by atoms with Crippen molar-refractivity contribution in [1.82, 2.24) is 4.90 Å². The number of carbonyl (C=O) groups excluding carboxylic acids is 1. The van der Waals surface area contributed by atoms with E-state index in [1.165, 1.54) is 6.42 Å². The molecule has 0 aromatic carbocycles. The molecule has 4 N–H and O–H groups in total. The van der Waals surface area contributed by atoms with Crippen molar-refractivity contribution in [3.05, 3.63) is 11.4 Å². The Hall–Kier alpha value is -1.19. The largest absolute Gasteiger partial charge is 0.400 e. The maximum Gasteiger partial charge on any atom is 0.271 e. The van der Waals surface area contributed by atoms with E-state index in [2.05, 4.69) is 0 Å². The van der Waals surface area contributed by atoms with Gasteiger partial charge in [-0.25, -0.2) is 0 Å². The Kier molecular flexibility index (Phi) is 3.17. The van der Waals surface area contributed by atoms with Gasteiger partial charge in [0.2, 0.25) is 0 Å². The van der Waals surface area contributed by atoms with Gasteiger partial charge in [0.1, 0.15) is 5.70 Å². The molecule has 1 saturated heterocycles. The zero-order chi connectivity index (χ0) is 9.84. The lowest BCUT2D eigenvalue weighted by Gasteiger charge is -2.26. The molecule has 0 aliphatic carbocycles. The zero-order valence-corrected chi connectivity index (χ0v) is 8.05. The highest BCUT2D eigenvalue weighted by Gasteiger charge is 2.18. The summed E-state index contributed by atoms with van der Waals surface area (Å²) in [6.07, 6.45) is 3.35. The van der Waals surface area contributed by atoms with Crippen LogP contribution in [0.25, 0.3) is 0 Å². The van der Waals surface area contributed by atoms with Gasteiger partial charge in [-0.3, -0.25) is 4.79 Å². The van der Waals surface area contributed by atoms with Gasteiger partial charge >= 0.3 is 0 Å². The predicted molar refractivity (Wildman–Crippen MR) is 51.5 cm³/mol. The third-order valence-electron chi connectivity index (χ3n) is 2.30. The van der Waals surface area contributed by atoms with Crippen molar-refractivity contribution in [2.45, 2.75) is 26.2 Å². The number of nitrogens with zero attached hydrogens (tertiary/aromatic N) is 1. The van der Waals surface area contributed by atoms with E-state index in [0.717, 1.165) is 25.9 Å². The lowest BCUT2D eigenvalue weighted by atomic mass is 10.1. The fourth-order valence-corrected chi connectivity index (χ4v) is 1.44. The molecule has 1 heterocycles. The predicted octanol–water partition coefficient (Wildman–Crippen LogP) is 0.148. The number of carbonyl (C=O) groups is 1. The molecule has 4 heteroatoms. The van der Waals surface area contributed by atoms with E-state index in [4.69, 9.17) is 11.5 Å². The smallest absolute Gasteiger partial charge is 0.271 e. The molecule has 0 radical (unpaired) electrons. The Morgan fingerprint density at radius 2 is 1.69 bits per heavy atom. The fraction of sp³-hybridized carbons (Fsp3) is 0.667. The Morgan fingerprint density at radius 1 is 1.15 bits per heavy atom. The third-order valence-corrected chi connectivity index (χ3v) is 2.30. The normalized spacial score (nSPS) is 19.6. The van der Waals surface area contributed by atoms with Crippen molar-refractivity contribution < 1.29 is 4.79 Å². The molecule has 1 rings (SSSR count). The summed E-state index contributed by atoms with van der Waals surface area (Å²) in [5.74, 6) is -0.111. The highest BCUT2D eigenvalue weighted by Crippen LogP contribution is 2.10. The van der Waals surface area contributed by atoms with Crippen molar-refractivity contribution in [3.63, 3.8) is 0 Å². The Labute approximate surface area is 78.6 Å². The molecule has 0 bridgehead atoms. The van der Waals surface area contributed by atoms with Crippen LogP contribution < -0.4 is 11.5 Å². The van der Waals surface area contributed by atoms with Gasteiger partial charge in [0.15, 0.2) is 0 Å². The first-order valence-corrected chi connectivity index (χ1v) is 4.64. The van der Waals surface area contributed by atoms with Crippen LogP contribution in [0.3, 0.4) is 0 Å².